The van der Waals surface area contributed by atoms with E-state index in [9.17, 15) is 9.59 Å². The Morgan fingerprint density at radius 3 is 2.80 bits per heavy atom. The van der Waals surface area contributed by atoms with Crippen molar-refractivity contribution in [3.63, 3.8) is 0 Å². The molecule has 2 aliphatic rings. The van der Waals surface area contributed by atoms with Crippen molar-refractivity contribution in [3.05, 3.63) is 12.2 Å². The summed E-state index contributed by atoms with van der Waals surface area (Å²) < 4.78 is 16.0. The van der Waals surface area contributed by atoms with Gasteiger partial charge in [0.25, 0.3) is 0 Å². The third-order valence-corrected chi connectivity index (χ3v) is 4.27. The summed E-state index contributed by atoms with van der Waals surface area (Å²) in [6, 6.07) is 0. The number of ketones is 1. The summed E-state index contributed by atoms with van der Waals surface area (Å²) in [6.45, 7) is 6.12. The Hall–Kier alpha value is -1.20. The van der Waals surface area contributed by atoms with Crippen molar-refractivity contribution in [3.8, 4) is 0 Å². The topological polar surface area (TPSA) is 61.8 Å². The first-order chi connectivity index (χ1) is 9.53. The van der Waals surface area contributed by atoms with E-state index < -0.39 is 11.4 Å². The second kappa shape index (κ2) is 5.66. The normalized spacial score (nSPS) is 37.0. The van der Waals surface area contributed by atoms with Crippen LogP contribution in [0.5, 0.6) is 0 Å². The van der Waals surface area contributed by atoms with Gasteiger partial charge in [-0.15, -0.1) is 0 Å². The van der Waals surface area contributed by atoms with Crippen LogP contribution in [-0.4, -0.2) is 37.9 Å². The summed E-state index contributed by atoms with van der Waals surface area (Å²) in [5.74, 6) is -0.751. The third-order valence-electron chi connectivity index (χ3n) is 4.27. The predicted octanol–water partition coefficient (Wildman–Crippen LogP) is 1.71. The number of allylic oxidation sites excluding steroid dienone is 2. The van der Waals surface area contributed by atoms with Gasteiger partial charge in [-0.25, -0.2) is 0 Å². The molecule has 0 aromatic heterocycles. The zero-order chi connectivity index (χ0) is 14.9. The van der Waals surface area contributed by atoms with Crippen LogP contribution in [0.1, 0.15) is 27.2 Å². The number of rotatable bonds is 6. The van der Waals surface area contributed by atoms with E-state index >= 15 is 0 Å². The summed E-state index contributed by atoms with van der Waals surface area (Å²) in [4.78, 5) is 24.4. The Bertz CT molecular complexity index is 430. The highest BCUT2D eigenvalue weighted by Crippen LogP contribution is 2.68. The van der Waals surface area contributed by atoms with Crippen molar-refractivity contribution in [1.82, 2.24) is 0 Å². The molecular weight excluding hydrogens is 260 g/mol. The maximum Gasteiger partial charge on any atom is 0.320 e. The number of ether oxygens (including phenoxy) is 3. The molecule has 0 spiro atoms. The lowest BCUT2D eigenvalue weighted by molar-refractivity contribution is -0.162. The molecule has 112 valence electrons. The number of Topliss-reactive ketones (excluding diaryl/α,β-unsaturated/α-hetero) is 1. The van der Waals surface area contributed by atoms with Crippen molar-refractivity contribution in [2.24, 2.45) is 17.3 Å². The molecule has 0 N–H and O–H groups in total. The first kappa shape index (κ1) is 15.2. The average molecular weight is 282 g/mol. The molecule has 2 aliphatic carbocycles. The summed E-state index contributed by atoms with van der Waals surface area (Å²) in [5, 5.41) is 0. The Morgan fingerprint density at radius 2 is 2.25 bits per heavy atom. The number of carbonyl (C=O) groups is 2. The lowest BCUT2D eigenvalue weighted by Crippen LogP contribution is -2.27. The molecule has 0 saturated heterocycles. The summed E-state index contributed by atoms with van der Waals surface area (Å²) >= 11 is 0. The van der Waals surface area contributed by atoms with E-state index in [-0.39, 0.29) is 36.4 Å². The lowest BCUT2D eigenvalue weighted by atomic mass is 9.98. The second-order valence-electron chi connectivity index (χ2n) is 5.26. The van der Waals surface area contributed by atoms with Gasteiger partial charge in [-0.2, -0.15) is 0 Å². The minimum absolute atomic E-state index is 0.0776. The number of hydrogen-bond acceptors (Lipinski definition) is 5. The molecule has 2 unspecified atom stereocenters. The largest absolute Gasteiger partial charge is 0.468 e. The van der Waals surface area contributed by atoms with Crippen LogP contribution in [0.15, 0.2) is 12.2 Å². The summed E-state index contributed by atoms with van der Waals surface area (Å²) in [7, 11) is 1.32. The van der Waals surface area contributed by atoms with Gasteiger partial charge in [0, 0.05) is 24.9 Å². The number of esters is 1. The zero-order valence-corrected chi connectivity index (χ0v) is 12.4. The van der Waals surface area contributed by atoms with Crippen LogP contribution in [0.2, 0.25) is 0 Å². The summed E-state index contributed by atoms with van der Waals surface area (Å²) in [6.07, 6.45) is 3.37. The van der Waals surface area contributed by atoms with Crippen molar-refractivity contribution < 1.29 is 23.8 Å². The quantitative estimate of drug-likeness (QED) is 0.321. The molecule has 5 nitrogen and oxygen atoms in total. The van der Waals surface area contributed by atoms with E-state index in [1.807, 2.05) is 26.0 Å². The van der Waals surface area contributed by atoms with Gasteiger partial charge in [-0.1, -0.05) is 12.2 Å². The van der Waals surface area contributed by atoms with E-state index in [2.05, 4.69) is 0 Å². The van der Waals surface area contributed by atoms with Crippen LogP contribution in [-0.2, 0) is 23.8 Å². The van der Waals surface area contributed by atoms with Gasteiger partial charge in [0.2, 0.25) is 0 Å². The van der Waals surface area contributed by atoms with Gasteiger partial charge in [0.1, 0.15) is 5.41 Å². The molecule has 0 bridgehead atoms. The van der Waals surface area contributed by atoms with E-state index in [0.29, 0.717) is 6.61 Å². The molecule has 5 atom stereocenters. The fourth-order valence-electron chi connectivity index (χ4n) is 3.50. The fourth-order valence-corrected chi connectivity index (χ4v) is 3.50. The Kier molecular flexibility index (Phi) is 4.30. The minimum Gasteiger partial charge on any atom is -0.468 e. The SMILES string of the molecule is C/C=C/[C@@H]1[C@H]2C(OC(C)OCC)CC(=O)[C@@]12C(=O)OC. The molecule has 0 amide bonds. The van der Waals surface area contributed by atoms with Gasteiger partial charge >= 0.3 is 5.97 Å². The van der Waals surface area contributed by atoms with Crippen LogP contribution in [0.25, 0.3) is 0 Å². The van der Waals surface area contributed by atoms with Gasteiger partial charge in [-0.3, -0.25) is 9.59 Å². The highest BCUT2D eigenvalue weighted by atomic mass is 16.7. The molecule has 2 rings (SSSR count). The van der Waals surface area contributed by atoms with E-state index in [1.54, 1.807) is 6.92 Å². The van der Waals surface area contributed by atoms with Crippen molar-refractivity contribution >= 4 is 11.8 Å². The monoisotopic (exact) mass is 282 g/mol. The van der Waals surface area contributed by atoms with E-state index in [1.165, 1.54) is 7.11 Å². The first-order valence-corrected chi connectivity index (χ1v) is 7.05. The van der Waals surface area contributed by atoms with Crippen molar-refractivity contribution in [1.29, 1.82) is 0 Å². The average Bonchev–Trinajstić information content (AvgIpc) is 2.98. The van der Waals surface area contributed by atoms with Crippen LogP contribution in [0.4, 0.5) is 0 Å². The van der Waals surface area contributed by atoms with Gasteiger partial charge < -0.3 is 14.2 Å². The number of methoxy groups -OCH3 is 1. The number of hydrogen-bond donors (Lipinski definition) is 0. The highest BCUT2D eigenvalue weighted by Gasteiger charge is 2.80. The number of carbonyl (C=O) groups excluding carboxylic acids is 2. The molecule has 0 aromatic rings. The van der Waals surface area contributed by atoms with E-state index in [4.69, 9.17) is 14.2 Å². The minimum atomic E-state index is -1.02. The van der Waals surface area contributed by atoms with Gasteiger partial charge in [-0.05, 0) is 20.8 Å². The van der Waals surface area contributed by atoms with Gasteiger partial charge in [0.05, 0.1) is 13.2 Å². The molecule has 0 aromatic carbocycles. The molecule has 0 heterocycles. The first-order valence-electron chi connectivity index (χ1n) is 7.05. The standard InChI is InChI=1S/C15H22O5/c1-5-7-10-13-11(20-9(3)19-6-2)8-12(16)15(10,13)14(17)18-4/h5,7,9-11,13H,6,8H2,1-4H3/b7-5+/t9?,10-,11?,13+,15+/m1/s1. The molecule has 0 radical (unpaired) electrons. The molecule has 5 heteroatoms. The van der Waals surface area contributed by atoms with Gasteiger partial charge in [0.15, 0.2) is 12.1 Å². The summed E-state index contributed by atoms with van der Waals surface area (Å²) in [5.41, 5.74) is -1.02. The maximum absolute atomic E-state index is 12.3. The predicted molar refractivity (Wildman–Crippen MR) is 71.8 cm³/mol. The van der Waals surface area contributed by atoms with Crippen LogP contribution >= 0.6 is 0 Å². The fraction of sp³-hybridized carbons (Fsp3) is 0.733. The van der Waals surface area contributed by atoms with Crippen LogP contribution in [0.3, 0.4) is 0 Å². The lowest BCUT2D eigenvalue weighted by Gasteiger charge is -2.19. The molecule has 2 fully saturated rings. The molecule has 0 aliphatic heterocycles. The Morgan fingerprint density at radius 1 is 1.55 bits per heavy atom. The van der Waals surface area contributed by atoms with Crippen LogP contribution in [0, 0.1) is 17.3 Å². The van der Waals surface area contributed by atoms with E-state index in [0.717, 1.165) is 0 Å². The zero-order valence-electron chi connectivity index (χ0n) is 12.4. The highest BCUT2D eigenvalue weighted by molar-refractivity contribution is 6.11. The number of fused-ring (bicyclic) bond motifs is 1. The Labute approximate surface area is 119 Å². The van der Waals surface area contributed by atoms with Crippen molar-refractivity contribution in [2.45, 2.75) is 39.6 Å². The smallest absolute Gasteiger partial charge is 0.320 e. The molecule has 20 heavy (non-hydrogen) atoms. The molecular formula is C15H22O5. The molecule has 2 saturated carbocycles. The van der Waals surface area contributed by atoms with Crippen LogP contribution < -0.4 is 0 Å². The van der Waals surface area contributed by atoms with Crippen molar-refractivity contribution in [2.75, 3.05) is 13.7 Å². The third kappa shape index (κ3) is 2.09. The maximum atomic E-state index is 12.3. The Balaban J connectivity index is 2.17. The second-order valence-corrected chi connectivity index (χ2v) is 5.26.